The van der Waals surface area contributed by atoms with Crippen molar-refractivity contribution in [3.8, 4) is 0 Å². The second-order valence-electron chi connectivity index (χ2n) is 5.77. The zero-order valence-corrected chi connectivity index (χ0v) is 13.0. The Labute approximate surface area is 117 Å². The molecule has 2 rings (SSSR count). The van der Waals surface area contributed by atoms with Crippen molar-refractivity contribution < 1.29 is 8.42 Å². The van der Waals surface area contributed by atoms with Gasteiger partial charge in [-0.1, -0.05) is 6.92 Å². The number of hydrogen-bond donors (Lipinski definition) is 0. The van der Waals surface area contributed by atoms with E-state index in [2.05, 4.69) is 16.7 Å². The molecule has 2 saturated heterocycles. The quantitative estimate of drug-likeness (QED) is 0.753. The van der Waals surface area contributed by atoms with E-state index < -0.39 is 10.0 Å². The molecule has 0 N–H and O–H groups in total. The number of likely N-dealkylation sites (tertiary alicyclic amines) is 1. The van der Waals surface area contributed by atoms with Crippen LogP contribution in [0, 0.1) is 0 Å². The van der Waals surface area contributed by atoms with Crippen molar-refractivity contribution in [2.75, 3.05) is 52.1 Å². The first kappa shape index (κ1) is 15.2. The van der Waals surface area contributed by atoms with Crippen LogP contribution < -0.4 is 0 Å². The van der Waals surface area contributed by atoms with Crippen LogP contribution in [0.4, 0.5) is 0 Å². The van der Waals surface area contributed by atoms with E-state index >= 15 is 0 Å². The fraction of sp³-hybridized carbons (Fsp3) is 1.00. The minimum Gasteiger partial charge on any atom is -0.303 e. The molecular weight excluding hydrogens is 262 g/mol. The first-order valence-electron chi connectivity index (χ1n) is 7.42. The van der Waals surface area contributed by atoms with E-state index in [0.717, 1.165) is 13.1 Å². The lowest BCUT2D eigenvalue weighted by atomic mass is 10.0. The minimum absolute atomic E-state index is 0.661. The molecule has 2 fully saturated rings. The van der Waals surface area contributed by atoms with Gasteiger partial charge < -0.3 is 4.90 Å². The van der Waals surface area contributed by atoms with Crippen LogP contribution in [0.15, 0.2) is 0 Å². The highest BCUT2D eigenvalue weighted by atomic mass is 32.2. The third-order valence-corrected chi connectivity index (χ3v) is 5.66. The number of rotatable bonds is 4. The maximum atomic E-state index is 11.5. The summed E-state index contributed by atoms with van der Waals surface area (Å²) in [5.74, 6) is 0. The molecular formula is C13H27N3O2S. The van der Waals surface area contributed by atoms with Crippen LogP contribution in [0.25, 0.3) is 0 Å². The molecule has 0 aliphatic carbocycles. The zero-order chi connectivity index (χ0) is 13.9. The molecule has 0 saturated carbocycles. The molecule has 0 bridgehead atoms. The fourth-order valence-electron chi connectivity index (χ4n) is 3.22. The van der Waals surface area contributed by atoms with Gasteiger partial charge in [-0.25, -0.2) is 8.42 Å². The lowest BCUT2D eigenvalue weighted by molar-refractivity contribution is 0.0813. The Balaban J connectivity index is 1.77. The summed E-state index contributed by atoms with van der Waals surface area (Å²) in [4.78, 5) is 5.04. The van der Waals surface area contributed by atoms with Gasteiger partial charge in [0.05, 0.1) is 6.26 Å². The Hall–Kier alpha value is -0.170. The van der Waals surface area contributed by atoms with Crippen molar-refractivity contribution in [1.82, 2.24) is 14.1 Å². The third-order valence-electron chi connectivity index (χ3n) is 4.36. The second-order valence-corrected chi connectivity index (χ2v) is 7.75. The number of piperidine rings is 1. The van der Waals surface area contributed by atoms with Crippen molar-refractivity contribution in [3.05, 3.63) is 0 Å². The molecule has 112 valence electrons. The van der Waals surface area contributed by atoms with E-state index in [9.17, 15) is 8.42 Å². The van der Waals surface area contributed by atoms with E-state index in [1.807, 2.05) is 0 Å². The lowest BCUT2D eigenvalue weighted by Gasteiger charge is -2.42. The average molecular weight is 289 g/mol. The summed E-state index contributed by atoms with van der Waals surface area (Å²) in [5, 5.41) is 0. The molecule has 0 unspecified atom stereocenters. The first-order chi connectivity index (χ1) is 9.00. The fourth-order valence-corrected chi connectivity index (χ4v) is 4.05. The number of sulfonamides is 1. The normalized spacial score (nSPS) is 25.8. The summed E-state index contributed by atoms with van der Waals surface area (Å²) < 4.78 is 24.6. The molecule has 2 aliphatic rings. The number of piperazine rings is 1. The standard InChI is InChI=1S/C13H27N3O2S/c1-3-6-14-7-4-13(5-8-14)15-9-11-16(12-10-15)19(2,17)18/h13H,3-12H2,1-2H3. The summed E-state index contributed by atoms with van der Waals surface area (Å²) in [6, 6.07) is 0.662. The van der Waals surface area contributed by atoms with Gasteiger partial charge in [0.15, 0.2) is 0 Å². The Morgan fingerprint density at radius 3 is 2.05 bits per heavy atom. The van der Waals surface area contributed by atoms with Crippen molar-refractivity contribution in [2.45, 2.75) is 32.2 Å². The highest BCUT2D eigenvalue weighted by Gasteiger charge is 2.29. The van der Waals surface area contributed by atoms with Crippen LogP contribution >= 0.6 is 0 Å². The van der Waals surface area contributed by atoms with Crippen LogP contribution in [0.2, 0.25) is 0 Å². The van der Waals surface area contributed by atoms with E-state index in [4.69, 9.17) is 0 Å². The Morgan fingerprint density at radius 2 is 1.58 bits per heavy atom. The molecule has 0 spiro atoms. The van der Waals surface area contributed by atoms with E-state index in [1.165, 1.54) is 45.2 Å². The maximum absolute atomic E-state index is 11.5. The van der Waals surface area contributed by atoms with Gasteiger partial charge >= 0.3 is 0 Å². The molecule has 0 aromatic rings. The molecule has 19 heavy (non-hydrogen) atoms. The molecule has 6 heteroatoms. The summed E-state index contributed by atoms with van der Waals surface area (Å²) >= 11 is 0. The highest BCUT2D eigenvalue weighted by molar-refractivity contribution is 7.88. The minimum atomic E-state index is -3.00. The molecule has 0 radical (unpaired) electrons. The molecule has 2 aliphatic heterocycles. The van der Waals surface area contributed by atoms with Crippen LogP contribution in [0.3, 0.4) is 0 Å². The van der Waals surface area contributed by atoms with Crippen LogP contribution in [0.5, 0.6) is 0 Å². The number of nitrogens with zero attached hydrogens (tertiary/aromatic N) is 3. The zero-order valence-electron chi connectivity index (χ0n) is 12.2. The van der Waals surface area contributed by atoms with Gasteiger partial charge in [0.1, 0.15) is 0 Å². The summed E-state index contributed by atoms with van der Waals surface area (Å²) in [7, 11) is -3.00. The van der Waals surface area contributed by atoms with Crippen LogP contribution in [0.1, 0.15) is 26.2 Å². The predicted octanol–water partition coefficient (Wildman–Crippen LogP) is 0.438. The first-order valence-corrected chi connectivity index (χ1v) is 9.27. The topological polar surface area (TPSA) is 43.9 Å². The van der Waals surface area contributed by atoms with Gasteiger partial charge in [0.2, 0.25) is 10.0 Å². The third kappa shape index (κ3) is 4.15. The van der Waals surface area contributed by atoms with Gasteiger partial charge in [0.25, 0.3) is 0 Å². The summed E-state index contributed by atoms with van der Waals surface area (Å²) in [6.45, 7) is 8.96. The predicted molar refractivity (Wildman–Crippen MR) is 77.7 cm³/mol. The second kappa shape index (κ2) is 6.52. The SMILES string of the molecule is CCCN1CCC(N2CCN(S(C)(=O)=O)CC2)CC1. The van der Waals surface area contributed by atoms with E-state index in [0.29, 0.717) is 19.1 Å². The van der Waals surface area contributed by atoms with Crippen molar-refractivity contribution in [1.29, 1.82) is 0 Å². The Morgan fingerprint density at radius 1 is 1.00 bits per heavy atom. The molecule has 0 amide bonds. The average Bonchev–Trinajstić information content (AvgIpc) is 2.39. The van der Waals surface area contributed by atoms with Crippen molar-refractivity contribution in [2.24, 2.45) is 0 Å². The molecule has 2 heterocycles. The largest absolute Gasteiger partial charge is 0.303 e. The van der Waals surface area contributed by atoms with Gasteiger partial charge in [-0.2, -0.15) is 4.31 Å². The van der Waals surface area contributed by atoms with Crippen LogP contribution in [-0.2, 0) is 10.0 Å². The Kier molecular flexibility index (Phi) is 5.22. The lowest BCUT2D eigenvalue weighted by Crippen LogP contribution is -2.54. The summed E-state index contributed by atoms with van der Waals surface area (Å²) in [5.41, 5.74) is 0. The van der Waals surface area contributed by atoms with Crippen molar-refractivity contribution in [3.63, 3.8) is 0 Å². The maximum Gasteiger partial charge on any atom is 0.211 e. The monoisotopic (exact) mass is 289 g/mol. The van der Waals surface area contributed by atoms with Gasteiger partial charge in [-0.05, 0) is 38.9 Å². The Bertz CT molecular complexity index is 369. The molecule has 0 aromatic carbocycles. The van der Waals surface area contributed by atoms with Gasteiger partial charge in [-0.3, -0.25) is 4.90 Å². The van der Waals surface area contributed by atoms with Gasteiger partial charge in [0, 0.05) is 32.2 Å². The molecule has 5 nitrogen and oxygen atoms in total. The van der Waals surface area contributed by atoms with Crippen LogP contribution in [-0.4, -0.2) is 80.6 Å². The highest BCUT2D eigenvalue weighted by Crippen LogP contribution is 2.19. The van der Waals surface area contributed by atoms with Crippen molar-refractivity contribution >= 4 is 10.0 Å². The number of hydrogen-bond acceptors (Lipinski definition) is 4. The molecule has 0 atom stereocenters. The van der Waals surface area contributed by atoms with E-state index in [-0.39, 0.29) is 0 Å². The summed E-state index contributed by atoms with van der Waals surface area (Å²) in [6.07, 6.45) is 5.02. The smallest absolute Gasteiger partial charge is 0.211 e. The van der Waals surface area contributed by atoms with E-state index in [1.54, 1.807) is 4.31 Å². The molecule has 0 aromatic heterocycles. The van der Waals surface area contributed by atoms with Gasteiger partial charge in [-0.15, -0.1) is 0 Å².